The van der Waals surface area contributed by atoms with E-state index in [0.717, 1.165) is 29.0 Å². The van der Waals surface area contributed by atoms with Crippen molar-refractivity contribution in [2.75, 3.05) is 6.61 Å². The van der Waals surface area contributed by atoms with Gasteiger partial charge in [0.1, 0.15) is 11.4 Å². The van der Waals surface area contributed by atoms with Gasteiger partial charge in [-0.1, -0.05) is 53.6 Å². The maximum Gasteiger partial charge on any atom is 0.124 e. The first-order valence-electron chi connectivity index (χ1n) is 8.04. The Bertz CT molecular complexity index is 812. The van der Waals surface area contributed by atoms with E-state index in [2.05, 4.69) is 48.4 Å². The largest absolute Gasteiger partial charge is 0.493 e. The molecular weight excluding hydrogens is 322 g/mol. The molecule has 0 fully saturated rings. The van der Waals surface area contributed by atoms with Crippen molar-refractivity contribution >= 4 is 11.6 Å². The lowest BCUT2D eigenvalue weighted by Crippen LogP contribution is -2.04. The highest BCUT2D eigenvalue weighted by Crippen LogP contribution is 2.24. The molecule has 0 aliphatic rings. The third-order valence-electron chi connectivity index (χ3n) is 3.70. The monoisotopic (exact) mass is 341 g/mol. The van der Waals surface area contributed by atoms with Crippen LogP contribution in [-0.4, -0.2) is 21.6 Å². The lowest BCUT2D eigenvalue weighted by atomic mass is 10.1. The van der Waals surface area contributed by atoms with Crippen molar-refractivity contribution in [1.82, 2.24) is 15.0 Å². The van der Waals surface area contributed by atoms with E-state index in [1.54, 1.807) is 4.68 Å². The Hall–Kier alpha value is -2.33. The molecule has 2 aromatic carbocycles. The van der Waals surface area contributed by atoms with Crippen LogP contribution >= 0.6 is 11.6 Å². The Morgan fingerprint density at radius 2 is 1.92 bits per heavy atom. The Morgan fingerprint density at radius 1 is 1.12 bits per heavy atom. The molecule has 1 aromatic heterocycles. The van der Waals surface area contributed by atoms with Crippen molar-refractivity contribution in [2.24, 2.45) is 0 Å². The van der Waals surface area contributed by atoms with Crippen molar-refractivity contribution in [3.8, 4) is 17.0 Å². The van der Waals surface area contributed by atoms with Gasteiger partial charge in [-0.3, -0.25) is 0 Å². The second-order valence-corrected chi connectivity index (χ2v) is 6.20. The molecule has 1 heterocycles. The van der Waals surface area contributed by atoms with Gasteiger partial charge in [-0.15, -0.1) is 5.10 Å². The summed E-state index contributed by atoms with van der Waals surface area (Å²) in [5.41, 5.74) is 4.13. The predicted molar refractivity (Wildman–Crippen MR) is 96.5 cm³/mol. The lowest BCUT2D eigenvalue weighted by Gasteiger charge is -2.11. The van der Waals surface area contributed by atoms with E-state index in [-0.39, 0.29) is 0 Å². The van der Waals surface area contributed by atoms with Gasteiger partial charge in [0.25, 0.3) is 0 Å². The summed E-state index contributed by atoms with van der Waals surface area (Å²) in [4.78, 5) is 0. The van der Waals surface area contributed by atoms with Gasteiger partial charge in [0.05, 0.1) is 19.3 Å². The summed E-state index contributed by atoms with van der Waals surface area (Å²) >= 11 is 6.13. The van der Waals surface area contributed by atoms with Crippen LogP contribution < -0.4 is 4.74 Å². The zero-order valence-corrected chi connectivity index (χ0v) is 14.6. The zero-order valence-electron chi connectivity index (χ0n) is 13.9. The van der Waals surface area contributed by atoms with Gasteiger partial charge in [-0.25, -0.2) is 4.68 Å². The Balaban J connectivity index is 1.81. The molecule has 0 N–H and O–H groups in total. The van der Waals surface area contributed by atoms with Gasteiger partial charge in [0.15, 0.2) is 0 Å². The fraction of sp³-hybridized carbons (Fsp3) is 0.263. The van der Waals surface area contributed by atoms with Crippen molar-refractivity contribution < 1.29 is 4.74 Å². The number of aryl methyl sites for hydroxylation is 1. The van der Waals surface area contributed by atoms with Crippen LogP contribution in [0, 0.1) is 6.92 Å². The van der Waals surface area contributed by atoms with Gasteiger partial charge in [0.2, 0.25) is 0 Å². The highest BCUT2D eigenvalue weighted by atomic mass is 35.5. The molecule has 0 saturated carbocycles. The van der Waals surface area contributed by atoms with Crippen LogP contribution in [0.1, 0.15) is 24.5 Å². The number of benzene rings is 2. The number of rotatable bonds is 6. The lowest BCUT2D eigenvalue weighted by molar-refractivity contribution is 0.313. The molecule has 0 saturated heterocycles. The fourth-order valence-electron chi connectivity index (χ4n) is 2.43. The van der Waals surface area contributed by atoms with Crippen molar-refractivity contribution in [3.63, 3.8) is 0 Å². The van der Waals surface area contributed by atoms with Crippen LogP contribution in [0.3, 0.4) is 0 Å². The number of halogens is 1. The van der Waals surface area contributed by atoms with Crippen molar-refractivity contribution in [2.45, 2.75) is 26.8 Å². The first-order valence-corrected chi connectivity index (χ1v) is 8.42. The van der Waals surface area contributed by atoms with Gasteiger partial charge in [-0.2, -0.15) is 0 Å². The van der Waals surface area contributed by atoms with E-state index < -0.39 is 0 Å². The van der Waals surface area contributed by atoms with Crippen molar-refractivity contribution in [3.05, 3.63) is 64.8 Å². The molecule has 0 spiro atoms. The molecule has 24 heavy (non-hydrogen) atoms. The number of hydrogen-bond donors (Lipinski definition) is 0. The molecule has 4 nitrogen and oxygen atoms in total. The molecule has 5 heteroatoms. The van der Waals surface area contributed by atoms with Gasteiger partial charge in [-0.05, 0) is 31.5 Å². The van der Waals surface area contributed by atoms with Gasteiger partial charge < -0.3 is 4.74 Å². The second kappa shape index (κ2) is 7.49. The topological polar surface area (TPSA) is 39.9 Å². The number of aromatic nitrogens is 3. The van der Waals surface area contributed by atoms with Crippen LogP contribution in [0.5, 0.6) is 5.75 Å². The summed E-state index contributed by atoms with van der Waals surface area (Å²) in [6.45, 7) is 5.40. The number of nitrogens with zero attached hydrogens (tertiary/aromatic N) is 3. The third kappa shape index (κ3) is 3.95. The van der Waals surface area contributed by atoms with E-state index in [0.29, 0.717) is 18.2 Å². The van der Waals surface area contributed by atoms with E-state index >= 15 is 0 Å². The quantitative estimate of drug-likeness (QED) is 0.650. The third-order valence-corrected chi connectivity index (χ3v) is 3.94. The molecule has 124 valence electrons. The molecule has 3 aromatic rings. The van der Waals surface area contributed by atoms with Crippen LogP contribution in [-0.2, 0) is 6.54 Å². The minimum atomic E-state index is 0.568. The van der Waals surface area contributed by atoms with E-state index in [1.165, 1.54) is 5.56 Å². The Morgan fingerprint density at radius 3 is 2.67 bits per heavy atom. The number of hydrogen-bond acceptors (Lipinski definition) is 3. The van der Waals surface area contributed by atoms with E-state index in [9.17, 15) is 0 Å². The summed E-state index contributed by atoms with van der Waals surface area (Å²) < 4.78 is 7.60. The SMILES string of the molecule is CCCOc1ccc(Cl)cc1Cn1cc(-c2ccc(C)cc2)nn1. The van der Waals surface area contributed by atoms with Crippen LogP contribution in [0.25, 0.3) is 11.3 Å². The predicted octanol–water partition coefficient (Wildman–Crippen LogP) is 4.74. The standard InChI is InChI=1S/C19H20ClN3O/c1-3-10-24-19-9-8-17(20)11-16(19)12-23-13-18(21-22-23)15-6-4-14(2)5-7-15/h4-9,11,13H,3,10,12H2,1-2H3. The Labute approximate surface area is 147 Å². The highest BCUT2D eigenvalue weighted by Gasteiger charge is 2.09. The highest BCUT2D eigenvalue weighted by molar-refractivity contribution is 6.30. The van der Waals surface area contributed by atoms with Gasteiger partial charge >= 0.3 is 0 Å². The summed E-state index contributed by atoms with van der Waals surface area (Å²) in [7, 11) is 0. The molecular formula is C19H20ClN3O. The Kier molecular flexibility index (Phi) is 5.16. The van der Waals surface area contributed by atoms with Crippen LogP contribution in [0.15, 0.2) is 48.7 Å². The van der Waals surface area contributed by atoms with Crippen LogP contribution in [0.4, 0.5) is 0 Å². The molecule has 0 aliphatic carbocycles. The fourth-order valence-corrected chi connectivity index (χ4v) is 2.63. The summed E-state index contributed by atoms with van der Waals surface area (Å²) in [5, 5.41) is 9.18. The average molecular weight is 342 g/mol. The summed E-state index contributed by atoms with van der Waals surface area (Å²) in [5.74, 6) is 0.841. The molecule has 0 unspecified atom stereocenters. The number of ether oxygens (including phenoxy) is 1. The van der Waals surface area contributed by atoms with E-state index in [1.807, 2.05) is 24.4 Å². The molecule has 3 rings (SSSR count). The average Bonchev–Trinajstić information content (AvgIpc) is 3.03. The van der Waals surface area contributed by atoms with Crippen LogP contribution in [0.2, 0.25) is 5.02 Å². The summed E-state index contributed by atoms with van der Waals surface area (Å²) in [6, 6.07) is 13.9. The first-order chi connectivity index (χ1) is 11.7. The maximum absolute atomic E-state index is 6.13. The van der Waals surface area contributed by atoms with Crippen molar-refractivity contribution in [1.29, 1.82) is 0 Å². The zero-order chi connectivity index (χ0) is 16.9. The summed E-state index contributed by atoms with van der Waals surface area (Å²) in [6.07, 6.45) is 2.90. The second-order valence-electron chi connectivity index (χ2n) is 5.77. The maximum atomic E-state index is 6.13. The normalized spacial score (nSPS) is 10.8. The smallest absolute Gasteiger partial charge is 0.124 e. The molecule has 0 atom stereocenters. The molecule has 0 radical (unpaired) electrons. The minimum absolute atomic E-state index is 0.568. The molecule has 0 amide bonds. The first kappa shape index (κ1) is 16.5. The molecule has 0 aliphatic heterocycles. The minimum Gasteiger partial charge on any atom is -0.493 e. The molecule has 0 bridgehead atoms. The van der Waals surface area contributed by atoms with Gasteiger partial charge in [0, 0.05) is 16.1 Å². The van der Waals surface area contributed by atoms with E-state index in [4.69, 9.17) is 16.3 Å².